The molecule has 4 aromatic rings. The van der Waals surface area contributed by atoms with Crippen LogP contribution in [0.25, 0.3) is 16.8 Å². The average molecular weight is 461 g/mol. The van der Waals surface area contributed by atoms with Crippen molar-refractivity contribution in [3.63, 3.8) is 0 Å². The lowest BCUT2D eigenvalue weighted by Crippen LogP contribution is -2.24. The standard InChI is InChI=1S/C26H24N2O4S/c1-19(22-12-11-21-5-2-3-6-23(21)17-22)28-26(29)15-10-20-8-13-25(14-9-20)33(30,31)27-18-24-7-4-16-32-24/h2-17,19,27H,18H2,1H3,(H,28,29)/b15-10+. The maximum atomic E-state index is 12.4. The Bertz CT molecular complexity index is 1380. The van der Waals surface area contributed by atoms with Gasteiger partial charge in [0.25, 0.3) is 0 Å². The summed E-state index contributed by atoms with van der Waals surface area (Å²) >= 11 is 0. The van der Waals surface area contributed by atoms with Gasteiger partial charge in [0.2, 0.25) is 15.9 Å². The molecule has 6 nitrogen and oxygen atoms in total. The molecule has 33 heavy (non-hydrogen) atoms. The van der Waals surface area contributed by atoms with Crippen LogP contribution in [-0.2, 0) is 21.4 Å². The number of rotatable bonds is 8. The number of fused-ring (bicyclic) bond motifs is 1. The molecule has 0 bridgehead atoms. The summed E-state index contributed by atoms with van der Waals surface area (Å²) in [5.74, 6) is 0.300. The number of hydrogen-bond acceptors (Lipinski definition) is 4. The highest BCUT2D eigenvalue weighted by Crippen LogP contribution is 2.20. The van der Waals surface area contributed by atoms with Crippen LogP contribution in [0.4, 0.5) is 0 Å². The Morgan fingerprint density at radius 1 is 0.970 bits per heavy atom. The van der Waals surface area contributed by atoms with Crippen LogP contribution < -0.4 is 10.0 Å². The number of carbonyl (C=O) groups excluding carboxylic acids is 1. The second kappa shape index (κ2) is 9.85. The molecule has 3 aromatic carbocycles. The molecule has 0 aliphatic rings. The van der Waals surface area contributed by atoms with Crippen molar-refractivity contribution in [1.29, 1.82) is 0 Å². The molecular formula is C26H24N2O4S. The summed E-state index contributed by atoms with van der Waals surface area (Å²) in [6, 6.07) is 23.8. The normalized spacial score (nSPS) is 12.8. The van der Waals surface area contributed by atoms with Crippen molar-refractivity contribution >= 4 is 32.8 Å². The first-order valence-corrected chi connectivity index (χ1v) is 12.0. The predicted octanol–water partition coefficient (Wildman–Crippen LogP) is 4.80. The molecule has 0 saturated carbocycles. The fourth-order valence-corrected chi connectivity index (χ4v) is 4.41. The zero-order valence-corrected chi connectivity index (χ0v) is 18.9. The highest BCUT2D eigenvalue weighted by molar-refractivity contribution is 7.89. The van der Waals surface area contributed by atoms with Crippen LogP contribution in [0.3, 0.4) is 0 Å². The van der Waals surface area contributed by atoms with E-state index in [-0.39, 0.29) is 23.4 Å². The fraction of sp³-hybridized carbons (Fsp3) is 0.115. The zero-order chi connectivity index (χ0) is 23.3. The third kappa shape index (κ3) is 5.77. The van der Waals surface area contributed by atoms with Crippen LogP contribution >= 0.6 is 0 Å². The first-order chi connectivity index (χ1) is 15.9. The van der Waals surface area contributed by atoms with E-state index < -0.39 is 10.0 Å². The van der Waals surface area contributed by atoms with Gasteiger partial charge in [-0.1, -0.05) is 48.5 Å². The van der Waals surface area contributed by atoms with Crippen molar-refractivity contribution in [3.05, 3.63) is 108 Å². The molecule has 1 heterocycles. The number of sulfonamides is 1. The summed E-state index contributed by atoms with van der Waals surface area (Å²) in [5.41, 5.74) is 1.74. The SMILES string of the molecule is CC(NC(=O)/C=C/c1ccc(S(=O)(=O)NCc2ccco2)cc1)c1ccc2ccccc2c1. The summed E-state index contributed by atoms with van der Waals surface area (Å²) in [6.07, 6.45) is 4.58. The zero-order valence-electron chi connectivity index (χ0n) is 18.1. The van der Waals surface area contributed by atoms with E-state index in [1.807, 2.05) is 37.3 Å². The van der Waals surface area contributed by atoms with Crippen LogP contribution in [0, 0.1) is 0 Å². The molecule has 0 aliphatic carbocycles. The molecule has 0 spiro atoms. The summed E-state index contributed by atoms with van der Waals surface area (Å²) in [5, 5.41) is 5.24. The molecule has 1 unspecified atom stereocenters. The van der Waals surface area contributed by atoms with Crippen molar-refractivity contribution in [2.45, 2.75) is 24.4 Å². The Morgan fingerprint density at radius 2 is 1.73 bits per heavy atom. The molecule has 0 saturated heterocycles. The van der Waals surface area contributed by atoms with Gasteiger partial charge in [-0.2, -0.15) is 0 Å². The number of benzene rings is 3. The number of nitrogens with one attached hydrogen (secondary N) is 2. The van der Waals surface area contributed by atoms with Gasteiger partial charge >= 0.3 is 0 Å². The first-order valence-electron chi connectivity index (χ1n) is 10.5. The third-order valence-electron chi connectivity index (χ3n) is 5.27. The summed E-state index contributed by atoms with van der Waals surface area (Å²) in [7, 11) is -3.66. The number of furan rings is 1. The van der Waals surface area contributed by atoms with Gasteiger partial charge in [0.05, 0.1) is 23.7 Å². The van der Waals surface area contributed by atoms with E-state index in [0.717, 1.165) is 16.3 Å². The molecule has 0 fully saturated rings. The maximum Gasteiger partial charge on any atom is 0.244 e. The molecule has 4 rings (SSSR count). The van der Waals surface area contributed by atoms with Gasteiger partial charge in [-0.3, -0.25) is 4.79 Å². The quantitative estimate of drug-likeness (QED) is 0.370. The Hall–Kier alpha value is -3.68. The second-order valence-electron chi connectivity index (χ2n) is 7.64. The minimum absolute atomic E-state index is 0.0759. The number of amides is 1. The van der Waals surface area contributed by atoms with E-state index in [1.165, 1.54) is 24.5 Å². The van der Waals surface area contributed by atoms with E-state index in [0.29, 0.717) is 11.3 Å². The molecule has 0 aliphatic heterocycles. The van der Waals surface area contributed by atoms with Crippen LogP contribution in [0.5, 0.6) is 0 Å². The summed E-state index contributed by atoms with van der Waals surface area (Å²) in [4.78, 5) is 12.5. The minimum Gasteiger partial charge on any atom is -0.468 e. The second-order valence-corrected chi connectivity index (χ2v) is 9.41. The minimum atomic E-state index is -3.66. The van der Waals surface area contributed by atoms with E-state index in [1.54, 1.807) is 30.3 Å². The van der Waals surface area contributed by atoms with Crippen LogP contribution in [0.15, 0.2) is 101 Å². The molecule has 7 heteroatoms. The Labute approximate surface area is 193 Å². The van der Waals surface area contributed by atoms with Gasteiger partial charge in [-0.15, -0.1) is 0 Å². The molecule has 0 radical (unpaired) electrons. The summed E-state index contributed by atoms with van der Waals surface area (Å²) < 4.78 is 32.4. The van der Waals surface area contributed by atoms with Crippen molar-refractivity contribution < 1.29 is 17.6 Å². The average Bonchev–Trinajstić information content (AvgIpc) is 3.35. The highest BCUT2D eigenvalue weighted by atomic mass is 32.2. The van der Waals surface area contributed by atoms with Crippen molar-refractivity contribution in [1.82, 2.24) is 10.0 Å². The largest absolute Gasteiger partial charge is 0.468 e. The number of hydrogen-bond donors (Lipinski definition) is 2. The van der Waals surface area contributed by atoms with Gasteiger partial charge in [0.1, 0.15) is 5.76 Å². The van der Waals surface area contributed by atoms with Crippen molar-refractivity contribution in [2.24, 2.45) is 0 Å². The van der Waals surface area contributed by atoms with Crippen molar-refractivity contribution in [2.75, 3.05) is 0 Å². The Morgan fingerprint density at radius 3 is 2.45 bits per heavy atom. The van der Waals surface area contributed by atoms with Crippen LogP contribution in [0.1, 0.15) is 29.9 Å². The lowest BCUT2D eigenvalue weighted by Gasteiger charge is -2.14. The lowest BCUT2D eigenvalue weighted by molar-refractivity contribution is -0.117. The van der Waals surface area contributed by atoms with Gasteiger partial charge in [-0.25, -0.2) is 13.1 Å². The molecule has 168 valence electrons. The maximum absolute atomic E-state index is 12.4. The number of carbonyl (C=O) groups is 1. The fourth-order valence-electron chi connectivity index (χ4n) is 3.41. The smallest absolute Gasteiger partial charge is 0.244 e. The van der Waals surface area contributed by atoms with E-state index in [4.69, 9.17) is 4.42 Å². The monoisotopic (exact) mass is 460 g/mol. The third-order valence-corrected chi connectivity index (χ3v) is 6.68. The molecule has 2 N–H and O–H groups in total. The van der Waals surface area contributed by atoms with E-state index in [2.05, 4.69) is 22.2 Å². The summed E-state index contributed by atoms with van der Waals surface area (Å²) in [6.45, 7) is 2.01. The van der Waals surface area contributed by atoms with E-state index in [9.17, 15) is 13.2 Å². The van der Waals surface area contributed by atoms with Gasteiger partial charge in [-0.05, 0) is 65.2 Å². The lowest BCUT2D eigenvalue weighted by atomic mass is 10.0. The highest BCUT2D eigenvalue weighted by Gasteiger charge is 2.14. The Kier molecular flexibility index (Phi) is 6.72. The molecule has 1 aromatic heterocycles. The van der Waals surface area contributed by atoms with E-state index >= 15 is 0 Å². The topological polar surface area (TPSA) is 88.4 Å². The van der Waals surface area contributed by atoms with Gasteiger partial charge in [0.15, 0.2) is 0 Å². The van der Waals surface area contributed by atoms with Crippen LogP contribution in [-0.4, -0.2) is 14.3 Å². The molecule has 1 amide bonds. The van der Waals surface area contributed by atoms with Gasteiger partial charge in [0, 0.05) is 6.08 Å². The Balaban J connectivity index is 1.35. The molecule has 1 atom stereocenters. The first kappa shape index (κ1) is 22.5. The van der Waals surface area contributed by atoms with Crippen molar-refractivity contribution in [3.8, 4) is 0 Å². The molecular weight excluding hydrogens is 436 g/mol. The predicted molar refractivity (Wildman–Crippen MR) is 129 cm³/mol. The van der Waals surface area contributed by atoms with Crippen LogP contribution in [0.2, 0.25) is 0 Å². The van der Waals surface area contributed by atoms with Gasteiger partial charge < -0.3 is 9.73 Å².